The van der Waals surface area contributed by atoms with Crippen molar-refractivity contribution >= 4 is 23.2 Å². The molecule has 86 valence electrons. The molecule has 17 heavy (non-hydrogen) atoms. The van der Waals surface area contributed by atoms with Gasteiger partial charge in [0, 0.05) is 0 Å². The van der Waals surface area contributed by atoms with Gasteiger partial charge in [-0.2, -0.15) is 0 Å². The highest BCUT2D eigenvalue weighted by Gasteiger charge is 2.18. The molecule has 0 aliphatic heterocycles. The van der Waals surface area contributed by atoms with Crippen molar-refractivity contribution in [3.8, 4) is 5.75 Å². The van der Waals surface area contributed by atoms with Gasteiger partial charge in [-0.15, -0.1) is 11.3 Å². The Kier molecular flexibility index (Phi) is 3.20. The molecule has 4 nitrogen and oxygen atoms in total. The van der Waals surface area contributed by atoms with Gasteiger partial charge in [0.25, 0.3) is 5.91 Å². The number of thiophene rings is 1. The Morgan fingerprint density at radius 1 is 1.12 bits per heavy atom. The van der Waals surface area contributed by atoms with Crippen molar-refractivity contribution in [2.75, 3.05) is 0 Å². The van der Waals surface area contributed by atoms with Gasteiger partial charge in [-0.1, -0.05) is 18.2 Å². The first-order valence-corrected chi connectivity index (χ1v) is 5.71. The molecular weight excluding hydrogens is 238 g/mol. The quantitative estimate of drug-likeness (QED) is 0.666. The number of carbonyl (C=O) groups is 2. The number of hydrogen-bond donors (Lipinski definition) is 1. The molecule has 0 fully saturated rings. The van der Waals surface area contributed by atoms with Gasteiger partial charge >= 0.3 is 5.97 Å². The number of ether oxygens (including phenoxy) is 1. The van der Waals surface area contributed by atoms with Gasteiger partial charge < -0.3 is 10.5 Å². The summed E-state index contributed by atoms with van der Waals surface area (Å²) in [7, 11) is 0. The van der Waals surface area contributed by atoms with Crippen molar-refractivity contribution < 1.29 is 14.3 Å². The molecule has 1 aromatic heterocycles. The maximum Gasteiger partial charge on any atom is 0.345 e. The second-order valence-corrected chi connectivity index (χ2v) is 4.15. The maximum absolute atomic E-state index is 11.8. The molecule has 0 saturated heterocycles. The average Bonchev–Trinajstić information content (AvgIpc) is 2.79. The van der Waals surface area contributed by atoms with Crippen LogP contribution < -0.4 is 10.5 Å². The molecule has 1 aromatic carbocycles. The molecule has 2 N–H and O–H groups in total. The zero-order valence-corrected chi connectivity index (χ0v) is 9.57. The Morgan fingerprint density at radius 2 is 1.82 bits per heavy atom. The van der Waals surface area contributed by atoms with Crippen LogP contribution in [0.4, 0.5) is 0 Å². The lowest BCUT2D eigenvalue weighted by Gasteiger charge is -2.03. The Balaban J connectivity index is 2.21. The van der Waals surface area contributed by atoms with E-state index in [1.54, 1.807) is 29.6 Å². The van der Waals surface area contributed by atoms with Gasteiger partial charge in [-0.25, -0.2) is 4.79 Å². The first-order chi connectivity index (χ1) is 8.18. The highest BCUT2D eigenvalue weighted by atomic mass is 32.1. The Morgan fingerprint density at radius 3 is 2.47 bits per heavy atom. The molecule has 0 aliphatic rings. The van der Waals surface area contributed by atoms with Gasteiger partial charge in [0.05, 0.1) is 5.56 Å². The topological polar surface area (TPSA) is 69.4 Å². The van der Waals surface area contributed by atoms with Crippen molar-refractivity contribution in [2.24, 2.45) is 5.73 Å². The minimum absolute atomic E-state index is 0.200. The normalized spacial score (nSPS) is 9.88. The lowest BCUT2D eigenvalue weighted by molar-refractivity contribution is 0.0730. The number of hydrogen-bond acceptors (Lipinski definition) is 4. The van der Waals surface area contributed by atoms with Gasteiger partial charge in [0.1, 0.15) is 10.6 Å². The van der Waals surface area contributed by atoms with Crippen LogP contribution in [-0.2, 0) is 0 Å². The minimum Gasteiger partial charge on any atom is -0.423 e. The molecule has 2 rings (SSSR count). The largest absolute Gasteiger partial charge is 0.423 e. The molecule has 0 bridgehead atoms. The van der Waals surface area contributed by atoms with Crippen molar-refractivity contribution in [2.45, 2.75) is 0 Å². The number of primary amides is 1. The van der Waals surface area contributed by atoms with E-state index in [1.807, 2.05) is 6.07 Å². The summed E-state index contributed by atoms with van der Waals surface area (Å²) in [6.07, 6.45) is 0. The first kappa shape index (κ1) is 11.3. The van der Waals surface area contributed by atoms with Crippen LogP contribution in [0.25, 0.3) is 0 Å². The summed E-state index contributed by atoms with van der Waals surface area (Å²) in [5, 5.41) is 1.63. The van der Waals surface area contributed by atoms with Crippen molar-refractivity contribution in [1.82, 2.24) is 0 Å². The highest BCUT2D eigenvalue weighted by molar-refractivity contribution is 7.12. The van der Waals surface area contributed by atoms with Crippen molar-refractivity contribution in [3.05, 3.63) is 52.2 Å². The smallest absolute Gasteiger partial charge is 0.345 e. The Bertz CT molecular complexity index is 548. The zero-order chi connectivity index (χ0) is 12.3. The minimum atomic E-state index is -0.625. The van der Waals surface area contributed by atoms with E-state index in [2.05, 4.69) is 0 Å². The summed E-state index contributed by atoms with van der Waals surface area (Å²) in [6.45, 7) is 0. The number of rotatable bonds is 3. The van der Waals surface area contributed by atoms with Crippen LogP contribution in [0.15, 0.2) is 41.8 Å². The predicted molar refractivity (Wildman–Crippen MR) is 64.2 cm³/mol. The highest BCUT2D eigenvalue weighted by Crippen LogP contribution is 2.19. The molecule has 0 aliphatic carbocycles. The predicted octanol–water partition coefficient (Wildman–Crippen LogP) is 2.07. The summed E-state index contributed by atoms with van der Waals surface area (Å²) in [6, 6.07) is 10.2. The van der Waals surface area contributed by atoms with Crippen molar-refractivity contribution in [1.29, 1.82) is 0 Å². The molecule has 1 heterocycles. The van der Waals surface area contributed by atoms with Gasteiger partial charge in [0.2, 0.25) is 0 Å². The lowest BCUT2D eigenvalue weighted by Crippen LogP contribution is -2.16. The molecule has 0 unspecified atom stereocenters. The lowest BCUT2D eigenvalue weighted by atomic mass is 10.2. The van der Waals surface area contributed by atoms with Crippen LogP contribution in [0.1, 0.15) is 20.0 Å². The molecular formula is C12H9NO3S. The van der Waals surface area contributed by atoms with Crippen molar-refractivity contribution in [3.63, 3.8) is 0 Å². The third-order valence-electron chi connectivity index (χ3n) is 2.06. The van der Waals surface area contributed by atoms with Crippen LogP contribution >= 0.6 is 11.3 Å². The van der Waals surface area contributed by atoms with Crippen LogP contribution in [0.2, 0.25) is 0 Å². The fourth-order valence-corrected chi connectivity index (χ4v) is 2.05. The maximum atomic E-state index is 11.8. The second kappa shape index (κ2) is 4.80. The molecule has 5 heteroatoms. The first-order valence-electron chi connectivity index (χ1n) is 4.83. The van der Waals surface area contributed by atoms with Crippen LogP contribution in [-0.4, -0.2) is 11.9 Å². The van der Waals surface area contributed by atoms with Crippen LogP contribution in [0, 0.1) is 0 Å². The Labute approximate surface area is 102 Å². The van der Waals surface area contributed by atoms with Gasteiger partial charge in [-0.05, 0) is 23.6 Å². The van der Waals surface area contributed by atoms with Gasteiger partial charge in [0.15, 0.2) is 0 Å². The van der Waals surface area contributed by atoms with E-state index in [0.29, 0.717) is 5.75 Å². The SMILES string of the molecule is NC(=O)c1sccc1C(=O)Oc1ccccc1. The number of carbonyl (C=O) groups excluding carboxylic acids is 2. The fourth-order valence-electron chi connectivity index (χ4n) is 1.31. The standard InChI is InChI=1S/C12H9NO3S/c13-11(14)10-9(6-7-17-10)12(15)16-8-4-2-1-3-5-8/h1-7H,(H2,13,14). The van der Waals surface area contributed by atoms with Crippen LogP contribution in [0.5, 0.6) is 5.75 Å². The van der Waals surface area contributed by atoms with Gasteiger partial charge in [-0.3, -0.25) is 4.79 Å². The fraction of sp³-hybridized carbons (Fsp3) is 0. The summed E-state index contributed by atoms with van der Waals surface area (Å²) in [5.74, 6) is -0.773. The summed E-state index contributed by atoms with van der Waals surface area (Å²) >= 11 is 1.12. The van der Waals surface area contributed by atoms with E-state index in [-0.39, 0.29) is 10.4 Å². The molecule has 0 saturated carbocycles. The molecule has 0 atom stereocenters. The number of amides is 1. The van der Waals surface area contributed by atoms with E-state index >= 15 is 0 Å². The number of nitrogens with two attached hydrogens (primary N) is 1. The molecule has 2 aromatic rings. The third-order valence-corrected chi connectivity index (χ3v) is 2.99. The monoisotopic (exact) mass is 247 g/mol. The summed E-state index contributed by atoms with van der Waals surface area (Å²) in [4.78, 5) is 23.1. The number of benzene rings is 1. The number of para-hydroxylation sites is 1. The second-order valence-electron chi connectivity index (χ2n) is 3.23. The average molecular weight is 247 g/mol. The molecule has 0 radical (unpaired) electrons. The molecule has 0 spiro atoms. The van der Waals surface area contributed by atoms with E-state index in [4.69, 9.17) is 10.5 Å². The summed E-state index contributed by atoms with van der Waals surface area (Å²) < 4.78 is 5.11. The van der Waals surface area contributed by atoms with E-state index < -0.39 is 11.9 Å². The van der Waals surface area contributed by atoms with E-state index in [1.165, 1.54) is 6.07 Å². The number of esters is 1. The third kappa shape index (κ3) is 2.51. The Hall–Kier alpha value is -2.14. The molecule has 1 amide bonds. The summed E-state index contributed by atoms with van der Waals surface area (Å²) in [5.41, 5.74) is 5.35. The zero-order valence-electron chi connectivity index (χ0n) is 8.75. The van der Waals surface area contributed by atoms with E-state index in [0.717, 1.165) is 11.3 Å². The van der Waals surface area contributed by atoms with Crippen LogP contribution in [0.3, 0.4) is 0 Å². The van der Waals surface area contributed by atoms with E-state index in [9.17, 15) is 9.59 Å².